The van der Waals surface area contributed by atoms with Gasteiger partial charge in [-0.3, -0.25) is 4.79 Å². The van der Waals surface area contributed by atoms with Crippen molar-refractivity contribution in [3.63, 3.8) is 0 Å². The van der Waals surface area contributed by atoms with Gasteiger partial charge in [-0.1, -0.05) is 13.3 Å². The first kappa shape index (κ1) is 22.7. The molecule has 2 N–H and O–H groups in total. The van der Waals surface area contributed by atoms with Gasteiger partial charge in [0.1, 0.15) is 10.6 Å². The smallest absolute Gasteiger partial charge is 0.246 e. The van der Waals surface area contributed by atoms with Crippen LogP contribution in [0.15, 0.2) is 23.1 Å². The van der Waals surface area contributed by atoms with Crippen molar-refractivity contribution >= 4 is 34.0 Å². The average Bonchev–Trinajstić information content (AvgIpc) is 2.62. The van der Waals surface area contributed by atoms with E-state index >= 15 is 0 Å². The van der Waals surface area contributed by atoms with Gasteiger partial charge in [0.25, 0.3) is 0 Å². The number of rotatable bonds is 7. The maximum absolute atomic E-state index is 13.0. The molecule has 1 amide bonds. The van der Waals surface area contributed by atoms with Gasteiger partial charge in [-0.05, 0) is 38.1 Å². The maximum atomic E-state index is 13.0. The molecular formula is C17H28ClN3O4S. The van der Waals surface area contributed by atoms with Gasteiger partial charge in [0.05, 0.1) is 7.11 Å². The molecule has 0 spiro atoms. The van der Waals surface area contributed by atoms with Crippen molar-refractivity contribution in [3.8, 4) is 5.75 Å². The summed E-state index contributed by atoms with van der Waals surface area (Å²) in [6.07, 6.45) is 2.77. The van der Waals surface area contributed by atoms with Crippen molar-refractivity contribution in [2.24, 2.45) is 5.92 Å². The normalized spacial score (nSPS) is 16.4. The molecule has 0 bridgehead atoms. The number of piperidine rings is 1. The first-order valence-corrected chi connectivity index (χ1v) is 9.97. The standard InChI is InChI=1S/C17H27N3O4S.ClH/c1-13(12-18-2)17(21)19-14-7-8-15(24-3)16(11-14)25(22,23)20-9-5-4-6-10-20;/h7-8,11,13,18H,4-6,9-10,12H2,1-3H3,(H,19,21);1H. The molecule has 1 unspecified atom stereocenters. The molecule has 26 heavy (non-hydrogen) atoms. The van der Waals surface area contributed by atoms with Gasteiger partial charge in [0.15, 0.2) is 0 Å². The van der Waals surface area contributed by atoms with E-state index in [2.05, 4.69) is 10.6 Å². The lowest BCUT2D eigenvalue weighted by molar-refractivity contribution is -0.119. The Morgan fingerprint density at radius 2 is 1.92 bits per heavy atom. The number of hydrogen-bond donors (Lipinski definition) is 2. The number of anilines is 1. The van der Waals surface area contributed by atoms with Crippen LogP contribution in [-0.2, 0) is 14.8 Å². The first-order valence-electron chi connectivity index (χ1n) is 8.53. The second-order valence-corrected chi connectivity index (χ2v) is 8.18. The van der Waals surface area contributed by atoms with Crippen LogP contribution in [0.25, 0.3) is 0 Å². The lowest BCUT2D eigenvalue weighted by Crippen LogP contribution is -2.35. The molecule has 1 heterocycles. The van der Waals surface area contributed by atoms with Crippen molar-refractivity contribution in [3.05, 3.63) is 18.2 Å². The Morgan fingerprint density at radius 1 is 1.27 bits per heavy atom. The van der Waals surface area contributed by atoms with Crippen molar-refractivity contribution in [2.75, 3.05) is 39.1 Å². The fraction of sp³-hybridized carbons (Fsp3) is 0.588. The van der Waals surface area contributed by atoms with E-state index in [1.54, 1.807) is 26.1 Å². The Bertz CT molecular complexity index is 706. The molecule has 1 aliphatic heterocycles. The summed E-state index contributed by atoms with van der Waals surface area (Å²) < 4.78 is 32.7. The van der Waals surface area contributed by atoms with E-state index in [1.165, 1.54) is 17.5 Å². The van der Waals surface area contributed by atoms with Crippen LogP contribution in [0.3, 0.4) is 0 Å². The molecular weight excluding hydrogens is 378 g/mol. The summed E-state index contributed by atoms with van der Waals surface area (Å²) in [5, 5.41) is 5.72. The van der Waals surface area contributed by atoms with Crippen molar-refractivity contribution in [1.82, 2.24) is 9.62 Å². The van der Waals surface area contributed by atoms with E-state index < -0.39 is 10.0 Å². The zero-order valence-corrected chi connectivity index (χ0v) is 17.1. The number of hydrogen-bond acceptors (Lipinski definition) is 5. The Balaban J connectivity index is 0.00000338. The quantitative estimate of drug-likeness (QED) is 0.725. The van der Waals surface area contributed by atoms with Gasteiger partial charge in [-0.25, -0.2) is 8.42 Å². The third-order valence-electron chi connectivity index (χ3n) is 4.32. The highest BCUT2D eigenvalue weighted by atomic mass is 35.5. The first-order chi connectivity index (χ1) is 11.9. The second-order valence-electron chi connectivity index (χ2n) is 6.28. The Morgan fingerprint density at radius 3 is 2.50 bits per heavy atom. The molecule has 0 radical (unpaired) electrons. The van der Waals surface area contributed by atoms with Crippen LogP contribution in [0.2, 0.25) is 0 Å². The molecule has 1 atom stereocenters. The predicted octanol–water partition coefficient (Wildman–Crippen LogP) is 2.09. The number of ether oxygens (including phenoxy) is 1. The lowest BCUT2D eigenvalue weighted by atomic mass is 10.1. The van der Waals surface area contributed by atoms with Crippen LogP contribution in [0.1, 0.15) is 26.2 Å². The molecule has 7 nitrogen and oxygen atoms in total. The van der Waals surface area contributed by atoms with Gasteiger partial charge in [0, 0.05) is 31.2 Å². The summed E-state index contributed by atoms with van der Waals surface area (Å²) in [7, 11) is -0.428. The summed E-state index contributed by atoms with van der Waals surface area (Å²) >= 11 is 0. The Hall–Kier alpha value is -1.35. The highest BCUT2D eigenvalue weighted by molar-refractivity contribution is 7.89. The molecule has 0 aliphatic carbocycles. The number of halogens is 1. The van der Waals surface area contributed by atoms with Gasteiger partial charge in [-0.15, -0.1) is 12.4 Å². The third-order valence-corrected chi connectivity index (χ3v) is 6.24. The van der Waals surface area contributed by atoms with Gasteiger partial charge in [0.2, 0.25) is 15.9 Å². The molecule has 1 aliphatic rings. The molecule has 0 saturated carbocycles. The largest absolute Gasteiger partial charge is 0.495 e. The Labute approximate surface area is 161 Å². The lowest BCUT2D eigenvalue weighted by Gasteiger charge is -2.26. The SMILES string of the molecule is CNCC(C)C(=O)Nc1ccc(OC)c(S(=O)(=O)N2CCCCC2)c1.Cl. The molecule has 1 saturated heterocycles. The average molecular weight is 406 g/mol. The number of sulfonamides is 1. The fourth-order valence-corrected chi connectivity index (χ4v) is 4.56. The number of carbonyl (C=O) groups is 1. The summed E-state index contributed by atoms with van der Waals surface area (Å²) in [5.74, 6) is -0.109. The van der Waals surface area contributed by atoms with E-state index in [0.29, 0.717) is 25.3 Å². The van der Waals surface area contributed by atoms with E-state index in [1.807, 2.05) is 0 Å². The minimum atomic E-state index is -3.65. The predicted molar refractivity (Wildman–Crippen MR) is 105 cm³/mol. The number of nitrogens with zero attached hydrogens (tertiary/aromatic N) is 1. The van der Waals surface area contributed by atoms with Crippen LogP contribution < -0.4 is 15.4 Å². The minimum absolute atomic E-state index is 0. The third kappa shape index (κ3) is 5.33. The van der Waals surface area contributed by atoms with Crippen molar-refractivity contribution < 1.29 is 17.9 Å². The second kappa shape index (κ2) is 10.1. The van der Waals surface area contributed by atoms with Gasteiger partial charge >= 0.3 is 0 Å². The molecule has 9 heteroatoms. The van der Waals surface area contributed by atoms with Crippen LogP contribution in [0.4, 0.5) is 5.69 Å². The van der Waals surface area contributed by atoms with Crippen molar-refractivity contribution in [1.29, 1.82) is 0 Å². The van der Waals surface area contributed by atoms with E-state index in [4.69, 9.17) is 4.74 Å². The van der Waals surface area contributed by atoms with Gasteiger partial charge in [-0.2, -0.15) is 4.31 Å². The van der Waals surface area contributed by atoms with E-state index in [-0.39, 0.29) is 34.9 Å². The number of nitrogens with one attached hydrogen (secondary N) is 2. The molecule has 148 valence electrons. The van der Waals surface area contributed by atoms with Crippen molar-refractivity contribution in [2.45, 2.75) is 31.1 Å². The molecule has 1 aromatic rings. The number of carbonyl (C=O) groups excluding carboxylic acids is 1. The molecule has 0 aromatic heterocycles. The molecule has 1 fully saturated rings. The minimum Gasteiger partial charge on any atom is -0.495 e. The summed E-state index contributed by atoms with van der Waals surface area (Å²) in [4.78, 5) is 12.3. The molecule has 1 aromatic carbocycles. The highest BCUT2D eigenvalue weighted by Crippen LogP contribution is 2.31. The van der Waals surface area contributed by atoms with Gasteiger partial charge < -0.3 is 15.4 Å². The number of methoxy groups -OCH3 is 1. The Kier molecular flexibility index (Phi) is 8.82. The monoisotopic (exact) mass is 405 g/mol. The zero-order valence-electron chi connectivity index (χ0n) is 15.4. The van der Waals surface area contributed by atoms with E-state index in [9.17, 15) is 13.2 Å². The summed E-state index contributed by atoms with van der Waals surface area (Å²) in [6.45, 7) is 3.38. The fourth-order valence-electron chi connectivity index (χ4n) is 2.86. The number of benzene rings is 1. The highest BCUT2D eigenvalue weighted by Gasteiger charge is 2.29. The topological polar surface area (TPSA) is 87.7 Å². The maximum Gasteiger partial charge on any atom is 0.246 e. The molecule has 2 rings (SSSR count). The van der Waals surface area contributed by atoms with Crippen LogP contribution >= 0.6 is 12.4 Å². The number of amides is 1. The summed E-state index contributed by atoms with van der Waals surface area (Å²) in [6, 6.07) is 4.71. The summed E-state index contributed by atoms with van der Waals surface area (Å²) in [5.41, 5.74) is 0.448. The van der Waals surface area contributed by atoms with Crippen LogP contribution in [-0.4, -0.2) is 52.4 Å². The van der Waals surface area contributed by atoms with Crippen LogP contribution in [0, 0.1) is 5.92 Å². The van der Waals surface area contributed by atoms with E-state index in [0.717, 1.165) is 19.3 Å². The zero-order chi connectivity index (χ0) is 18.4. The van der Waals surface area contributed by atoms with Crippen LogP contribution in [0.5, 0.6) is 5.75 Å².